The van der Waals surface area contributed by atoms with E-state index < -0.39 is 0 Å². The Labute approximate surface area is 143 Å². The summed E-state index contributed by atoms with van der Waals surface area (Å²) in [7, 11) is 0. The number of ether oxygens (including phenoxy) is 1. The smallest absolute Gasteiger partial charge is 0.172 e. The third-order valence-corrected chi connectivity index (χ3v) is 4.91. The molecule has 2 unspecified atom stereocenters. The van der Waals surface area contributed by atoms with Crippen LogP contribution in [-0.4, -0.2) is 27.4 Å². The van der Waals surface area contributed by atoms with Crippen LogP contribution in [0, 0.1) is 5.92 Å². The van der Waals surface area contributed by atoms with Crippen molar-refractivity contribution in [2.24, 2.45) is 5.92 Å². The number of aldehydes is 1. The number of pyridine rings is 1. The lowest BCUT2D eigenvalue weighted by Crippen LogP contribution is -2.26. The molecule has 0 amide bonds. The van der Waals surface area contributed by atoms with Crippen molar-refractivity contribution in [1.82, 2.24) is 14.5 Å². The van der Waals surface area contributed by atoms with E-state index in [0.717, 1.165) is 12.7 Å². The number of carbonyl (C=O) groups is 1. The first kappa shape index (κ1) is 16.7. The Morgan fingerprint density at radius 3 is 3.00 bits per heavy atom. The molecule has 5 heteroatoms. The minimum atomic E-state index is 0.372. The maximum absolute atomic E-state index is 11.1. The molecule has 0 radical (unpaired) electrons. The highest BCUT2D eigenvalue weighted by atomic mass is 16.5. The van der Waals surface area contributed by atoms with Crippen molar-refractivity contribution in [2.75, 3.05) is 6.61 Å². The van der Waals surface area contributed by atoms with Gasteiger partial charge in [0.2, 0.25) is 0 Å². The molecule has 0 spiro atoms. The largest absolute Gasteiger partial charge is 0.491 e. The minimum Gasteiger partial charge on any atom is -0.491 e. The minimum absolute atomic E-state index is 0.372. The molecule has 0 N–H and O–H groups in total. The van der Waals surface area contributed by atoms with Crippen molar-refractivity contribution in [1.29, 1.82) is 0 Å². The van der Waals surface area contributed by atoms with Crippen LogP contribution in [-0.2, 0) is 0 Å². The Balaban J connectivity index is 1.75. The first-order valence-corrected chi connectivity index (χ1v) is 8.75. The predicted octanol–water partition coefficient (Wildman–Crippen LogP) is 4.02. The number of hydrogen-bond donors (Lipinski definition) is 0. The summed E-state index contributed by atoms with van der Waals surface area (Å²) in [4.78, 5) is 19.5. The summed E-state index contributed by atoms with van der Waals surface area (Å²) in [5.74, 6) is 1.47. The van der Waals surface area contributed by atoms with Gasteiger partial charge in [-0.1, -0.05) is 12.8 Å². The van der Waals surface area contributed by atoms with E-state index in [1.807, 2.05) is 18.6 Å². The summed E-state index contributed by atoms with van der Waals surface area (Å²) in [6.45, 7) is 4.98. The molecule has 1 fully saturated rings. The van der Waals surface area contributed by atoms with Crippen LogP contribution in [0.1, 0.15) is 67.7 Å². The van der Waals surface area contributed by atoms with Crippen molar-refractivity contribution >= 4 is 6.29 Å². The fourth-order valence-corrected chi connectivity index (χ4v) is 3.64. The molecule has 3 rings (SSSR count). The summed E-state index contributed by atoms with van der Waals surface area (Å²) >= 11 is 0. The quantitative estimate of drug-likeness (QED) is 0.752. The van der Waals surface area contributed by atoms with Crippen LogP contribution >= 0.6 is 0 Å². The van der Waals surface area contributed by atoms with Crippen LogP contribution in [0.4, 0.5) is 0 Å². The molecule has 1 saturated carbocycles. The van der Waals surface area contributed by atoms with Crippen LogP contribution in [0.25, 0.3) is 0 Å². The zero-order valence-electron chi connectivity index (χ0n) is 14.4. The molecule has 128 valence electrons. The second-order valence-electron chi connectivity index (χ2n) is 6.79. The fraction of sp³-hybridized carbons (Fsp3) is 0.526. The number of carbonyl (C=O) groups excluding carboxylic acids is 1. The number of nitrogens with zero attached hydrogens (tertiary/aromatic N) is 3. The molecule has 0 aromatic carbocycles. The summed E-state index contributed by atoms with van der Waals surface area (Å²) in [6, 6.07) is 4.02. The Morgan fingerprint density at radius 1 is 1.38 bits per heavy atom. The molecule has 0 aliphatic heterocycles. The van der Waals surface area contributed by atoms with E-state index in [1.54, 1.807) is 12.3 Å². The maximum Gasteiger partial charge on any atom is 0.172 e. The van der Waals surface area contributed by atoms with Crippen molar-refractivity contribution in [2.45, 2.75) is 51.5 Å². The van der Waals surface area contributed by atoms with Gasteiger partial charge in [-0.25, -0.2) is 9.97 Å². The summed E-state index contributed by atoms with van der Waals surface area (Å²) in [5, 5.41) is 0. The molecule has 0 bridgehead atoms. The predicted molar refractivity (Wildman–Crippen MR) is 92.4 cm³/mol. The van der Waals surface area contributed by atoms with Crippen molar-refractivity contribution < 1.29 is 9.53 Å². The van der Waals surface area contributed by atoms with Crippen molar-refractivity contribution in [3.05, 3.63) is 42.2 Å². The van der Waals surface area contributed by atoms with Gasteiger partial charge in [0.1, 0.15) is 11.4 Å². The Hall–Kier alpha value is -2.17. The lowest BCUT2D eigenvalue weighted by molar-refractivity contribution is 0.111. The van der Waals surface area contributed by atoms with E-state index in [-0.39, 0.29) is 0 Å². The molecule has 5 nitrogen and oxygen atoms in total. The number of imidazole rings is 1. The summed E-state index contributed by atoms with van der Waals surface area (Å²) in [6.07, 6.45) is 11.1. The van der Waals surface area contributed by atoms with Crippen LogP contribution in [0.15, 0.2) is 30.9 Å². The second-order valence-corrected chi connectivity index (χ2v) is 6.79. The average Bonchev–Trinajstić information content (AvgIpc) is 3.10. The molecular weight excluding hydrogens is 302 g/mol. The van der Waals surface area contributed by atoms with E-state index in [4.69, 9.17) is 4.74 Å². The molecule has 2 aromatic heterocycles. The summed E-state index contributed by atoms with van der Waals surface area (Å²) < 4.78 is 8.24. The van der Waals surface area contributed by atoms with Crippen LogP contribution in [0.3, 0.4) is 0 Å². The van der Waals surface area contributed by atoms with E-state index in [1.165, 1.54) is 25.0 Å². The lowest BCUT2D eigenvalue weighted by Gasteiger charge is -2.32. The van der Waals surface area contributed by atoms with Gasteiger partial charge >= 0.3 is 0 Å². The first-order valence-electron chi connectivity index (χ1n) is 8.75. The standard InChI is InChI=1S/C19H25N3O2/c1-14(2)22-13-20-10-18(22)16-7-4-3-6-15(16)12-24-19-8-5-9-21-17(19)11-23/h5,8-11,13-16H,3-4,6-7,12H2,1-2H3. The number of hydrogen-bond acceptors (Lipinski definition) is 4. The van der Waals surface area contributed by atoms with Gasteiger partial charge in [0.05, 0.1) is 12.9 Å². The lowest BCUT2D eigenvalue weighted by atomic mass is 9.78. The van der Waals surface area contributed by atoms with Crippen LogP contribution < -0.4 is 4.74 Å². The van der Waals surface area contributed by atoms with Gasteiger partial charge < -0.3 is 9.30 Å². The Bertz CT molecular complexity index is 681. The Kier molecular flexibility index (Phi) is 5.28. The van der Waals surface area contributed by atoms with E-state index in [2.05, 4.69) is 28.4 Å². The molecular formula is C19H25N3O2. The molecule has 2 atom stereocenters. The van der Waals surface area contributed by atoms with Gasteiger partial charge in [-0.3, -0.25) is 4.79 Å². The topological polar surface area (TPSA) is 57.0 Å². The summed E-state index contributed by atoms with van der Waals surface area (Å²) in [5.41, 5.74) is 1.68. The average molecular weight is 327 g/mol. The van der Waals surface area contributed by atoms with E-state index in [0.29, 0.717) is 35.9 Å². The van der Waals surface area contributed by atoms with Gasteiger partial charge in [0.25, 0.3) is 0 Å². The zero-order chi connectivity index (χ0) is 16.9. The molecule has 0 saturated heterocycles. The molecule has 24 heavy (non-hydrogen) atoms. The fourth-order valence-electron chi connectivity index (χ4n) is 3.64. The van der Waals surface area contributed by atoms with Gasteiger partial charge in [-0.2, -0.15) is 0 Å². The molecule has 2 aromatic rings. The van der Waals surface area contributed by atoms with Gasteiger partial charge in [-0.05, 0) is 38.8 Å². The van der Waals surface area contributed by atoms with Crippen molar-refractivity contribution in [3.8, 4) is 5.75 Å². The second kappa shape index (κ2) is 7.60. The van der Waals surface area contributed by atoms with Gasteiger partial charge in [-0.15, -0.1) is 0 Å². The van der Waals surface area contributed by atoms with Gasteiger partial charge in [0, 0.05) is 36.0 Å². The third-order valence-electron chi connectivity index (χ3n) is 4.91. The SMILES string of the molecule is CC(C)n1cncc1C1CCCCC1COc1cccnc1C=O. The molecule has 1 aliphatic rings. The van der Waals surface area contributed by atoms with Crippen LogP contribution in [0.2, 0.25) is 0 Å². The highest BCUT2D eigenvalue weighted by Gasteiger charge is 2.30. The van der Waals surface area contributed by atoms with Crippen molar-refractivity contribution in [3.63, 3.8) is 0 Å². The molecule has 1 aliphatic carbocycles. The first-order chi connectivity index (χ1) is 11.7. The maximum atomic E-state index is 11.1. The number of aromatic nitrogens is 3. The number of rotatable bonds is 6. The highest BCUT2D eigenvalue weighted by Crippen LogP contribution is 2.38. The van der Waals surface area contributed by atoms with E-state index in [9.17, 15) is 4.79 Å². The van der Waals surface area contributed by atoms with E-state index >= 15 is 0 Å². The third kappa shape index (κ3) is 3.50. The zero-order valence-corrected chi connectivity index (χ0v) is 14.4. The molecule has 2 heterocycles. The normalized spacial score (nSPS) is 21.0. The van der Waals surface area contributed by atoms with Gasteiger partial charge in [0.15, 0.2) is 6.29 Å². The monoisotopic (exact) mass is 327 g/mol. The highest BCUT2D eigenvalue weighted by molar-refractivity contribution is 5.75. The van der Waals surface area contributed by atoms with Crippen LogP contribution in [0.5, 0.6) is 5.75 Å². The Morgan fingerprint density at radius 2 is 2.21 bits per heavy atom.